The number of β-amino-alcohol motifs (C(OH)–C–C–N with tert-alkyl or cyclic N) is 1. The Morgan fingerprint density at radius 2 is 1.55 bits per heavy atom. The van der Waals surface area contributed by atoms with Gasteiger partial charge < -0.3 is 5.11 Å². The van der Waals surface area contributed by atoms with Crippen LogP contribution < -0.4 is 0 Å². The minimum Gasteiger partial charge on any atom is -0.387 e. The fourth-order valence-corrected chi connectivity index (χ4v) is 2.44. The highest BCUT2D eigenvalue weighted by Crippen LogP contribution is 2.18. The zero-order chi connectivity index (χ0) is 14.5. The van der Waals surface area contributed by atoms with E-state index in [1.807, 2.05) is 4.90 Å². The van der Waals surface area contributed by atoms with E-state index in [1.165, 1.54) is 6.07 Å². The molecule has 1 atom stereocenters. The lowest BCUT2D eigenvalue weighted by Gasteiger charge is -2.35. The summed E-state index contributed by atoms with van der Waals surface area (Å²) in [5.41, 5.74) is 0.280. The van der Waals surface area contributed by atoms with Gasteiger partial charge in [0, 0.05) is 38.3 Å². The average molecular weight is 288 g/mol. The monoisotopic (exact) mass is 288 g/mol. The highest BCUT2D eigenvalue weighted by atomic mass is 19.3. The standard InChI is InChI=1S/C14H19F3N2O/c15-12-4-2-1-3-11(12)13(20)9-18-5-7-19(8-6-18)10-14(16)17/h1-4,13-14,20H,5-10H2. The van der Waals surface area contributed by atoms with Gasteiger partial charge in [-0.3, -0.25) is 9.80 Å². The van der Waals surface area contributed by atoms with Crippen LogP contribution in [0.15, 0.2) is 24.3 Å². The molecular weight excluding hydrogens is 269 g/mol. The maximum absolute atomic E-state index is 13.5. The third-order valence-corrected chi connectivity index (χ3v) is 3.56. The second-order valence-electron chi connectivity index (χ2n) is 5.03. The van der Waals surface area contributed by atoms with Crippen molar-refractivity contribution < 1.29 is 18.3 Å². The van der Waals surface area contributed by atoms with Crippen LogP contribution >= 0.6 is 0 Å². The highest BCUT2D eigenvalue weighted by Gasteiger charge is 2.22. The van der Waals surface area contributed by atoms with E-state index in [1.54, 1.807) is 23.1 Å². The number of rotatable bonds is 5. The molecule has 0 aliphatic carbocycles. The van der Waals surface area contributed by atoms with Crippen LogP contribution in [0.3, 0.4) is 0 Å². The number of alkyl halides is 2. The van der Waals surface area contributed by atoms with E-state index in [0.717, 1.165) is 0 Å². The topological polar surface area (TPSA) is 26.7 Å². The molecule has 3 nitrogen and oxygen atoms in total. The van der Waals surface area contributed by atoms with Crippen LogP contribution in [0.5, 0.6) is 0 Å². The average Bonchev–Trinajstić information content (AvgIpc) is 2.41. The van der Waals surface area contributed by atoms with Gasteiger partial charge in [-0.25, -0.2) is 13.2 Å². The molecule has 2 rings (SSSR count). The first-order chi connectivity index (χ1) is 9.56. The lowest BCUT2D eigenvalue weighted by molar-refractivity contribution is 0.0378. The SMILES string of the molecule is OC(CN1CCN(CC(F)F)CC1)c1ccccc1F. The van der Waals surface area contributed by atoms with Crippen LogP contribution in [0.2, 0.25) is 0 Å². The number of hydrogen-bond acceptors (Lipinski definition) is 3. The van der Waals surface area contributed by atoms with Gasteiger partial charge in [0.25, 0.3) is 6.43 Å². The Hall–Kier alpha value is -1.11. The predicted molar refractivity (Wildman–Crippen MR) is 70.2 cm³/mol. The summed E-state index contributed by atoms with van der Waals surface area (Å²) in [6.07, 6.45) is -3.21. The van der Waals surface area contributed by atoms with Gasteiger partial charge in [0.2, 0.25) is 0 Å². The van der Waals surface area contributed by atoms with Crippen LogP contribution in [0.1, 0.15) is 11.7 Å². The number of aliphatic hydroxyl groups excluding tert-OH is 1. The number of halogens is 3. The lowest BCUT2D eigenvalue weighted by atomic mass is 10.1. The minimum atomic E-state index is -2.31. The number of piperazine rings is 1. The summed E-state index contributed by atoms with van der Waals surface area (Å²) in [6, 6.07) is 6.14. The van der Waals surface area contributed by atoms with E-state index in [-0.39, 0.29) is 12.1 Å². The zero-order valence-corrected chi connectivity index (χ0v) is 11.2. The molecule has 1 heterocycles. The molecule has 0 spiro atoms. The summed E-state index contributed by atoms with van der Waals surface area (Å²) in [7, 11) is 0. The van der Waals surface area contributed by atoms with Crippen LogP contribution in [-0.4, -0.2) is 60.6 Å². The molecule has 1 aromatic carbocycles. The fourth-order valence-electron chi connectivity index (χ4n) is 2.44. The molecule has 112 valence electrons. The summed E-state index contributed by atoms with van der Waals surface area (Å²) < 4.78 is 38.0. The first-order valence-corrected chi connectivity index (χ1v) is 6.71. The molecule has 1 fully saturated rings. The van der Waals surface area contributed by atoms with Gasteiger partial charge in [0.1, 0.15) is 5.82 Å². The van der Waals surface area contributed by atoms with Crippen molar-refractivity contribution in [3.8, 4) is 0 Å². The maximum Gasteiger partial charge on any atom is 0.251 e. The Morgan fingerprint density at radius 3 is 2.10 bits per heavy atom. The molecule has 0 bridgehead atoms. The molecule has 0 radical (unpaired) electrons. The maximum atomic E-state index is 13.5. The molecule has 1 aliphatic heterocycles. The highest BCUT2D eigenvalue weighted by molar-refractivity contribution is 5.20. The molecule has 0 aromatic heterocycles. The number of hydrogen-bond donors (Lipinski definition) is 1. The molecule has 0 amide bonds. The molecule has 20 heavy (non-hydrogen) atoms. The van der Waals surface area contributed by atoms with Crippen molar-refractivity contribution in [1.29, 1.82) is 0 Å². The second-order valence-corrected chi connectivity index (χ2v) is 5.03. The fraction of sp³-hybridized carbons (Fsp3) is 0.571. The summed E-state index contributed by atoms with van der Waals surface area (Å²) in [5, 5.41) is 10.0. The van der Waals surface area contributed by atoms with Crippen molar-refractivity contribution in [2.45, 2.75) is 12.5 Å². The van der Waals surface area contributed by atoms with Gasteiger partial charge in [-0.1, -0.05) is 18.2 Å². The van der Waals surface area contributed by atoms with Crippen LogP contribution in [-0.2, 0) is 0 Å². The molecule has 1 aromatic rings. The van der Waals surface area contributed by atoms with Gasteiger partial charge in [0.05, 0.1) is 12.6 Å². The van der Waals surface area contributed by atoms with Crippen LogP contribution in [0, 0.1) is 5.82 Å². The van der Waals surface area contributed by atoms with Crippen molar-refractivity contribution in [1.82, 2.24) is 9.80 Å². The first kappa shape index (κ1) is 15.3. The van der Waals surface area contributed by atoms with Crippen molar-refractivity contribution in [3.05, 3.63) is 35.6 Å². The van der Waals surface area contributed by atoms with Gasteiger partial charge in [0.15, 0.2) is 0 Å². The predicted octanol–water partition coefficient (Wildman–Crippen LogP) is 1.74. The van der Waals surface area contributed by atoms with E-state index in [0.29, 0.717) is 32.7 Å². The molecule has 6 heteroatoms. The molecule has 1 saturated heterocycles. The van der Waals surface area contributed by atoms with Crippen molar-refractivity contribution in [2.75, 3.05) is 39.3 Å². The Kier molecular flexibility index (Phi) is 5.39. The quantitative estimate of drug-likeness (QED) is 0.894. The molecular formula is C14H19F3N2O. The van der Waals surface area contributed by atoms with E-state index >= 15 is 0 Å². The third kappa shape index (κ3) is 4.19. The van der Waals surface area contributed by atoms with Gasteiger partial charge in [-0.15, -0.1) is 0 Å². The van der Waals surface area contributed by atoms with Crippen molar-refractivity contribution >= 4 is 0 Å². The largest absolute Gasteiger partial charge is 0.387 e. The summed E-state index contributed by atoms with van der Waals surface area (Å²) in [6.45, 7) is 2.44. The zero-order valence-electron chi connectivity index (χ0n) is 11.2. The van der Waals surface area contributed by atoms with Gasteiger partial charge in [-0.05, 0) is 6.07 Å². The summed E-state index contributed by atoms with van der Waals surface area (Å²) in [4.78, 5) is 3.68. The van der Waals surface area contributed by atoms with E-state index in [4.69, 9.17) is 0 Å². The Bertz CT molecular complexity index is 423. The Labute approximate surface area is 116 Å². The van der Waals surface area contributed by atoms with Crippen LogP contribution in [0.25, 0.3) is 0 Å². The number of benzene rings is 1. The second kappa shape index (κ2) is 7.06. The lowest BCUT2D eigenvalue weighted by Crippen LogP contribution is -2.48. The summed E-state index contributed by atoms with van der Waals surface area (Å²) >= 11 is 0. The van der Waals surface area contributed by atoms with Gasteiger partial charge >= 0.3 is 0 Å². The van der Waals surface area contributed by atoms with E-state index in [2.05, 4.69) is 0 Å². The smallest absolute Gasteiger partial charge is 0.251 e. The Morgan fingerprint density at radius 1 is 1.00 bits per heavy atom. The van der Waals surface area contributed by atoms with Crippen LogP contribution in [0.4, 0.5) is 13.2 Å². The molecule has 1 N–H and O–H groups in total. The molecule has 0 saturated carbocycles. The first-order valence-electron chi connectivity index (χ1n) is 6.71. The van der Waals surface area contributed by atoms with E-state index < -0.39 is 18.3 Å². The van der Waals surface area contributed by atoms with Crippen molar-refractivity contribution in [3.63, 3.8) is 0 Å². The minimum absolute atomic E-state index is 0.205. The van der Waals surface area contributed by atoms with E-state index in [9.17, 15) is 18.3 Å². The van der Waals surface area contributed by atoms with Gasteiger partial charge in [-0.2, -0.15) is 0 Å². The molecule has 1 aliphatic rings. The normalized spacial score (nSPS) is 19.4. The molecule has 1 unspecified atom stereocenters. The van der Waals surface area contributed by atoms with Crippen molar-refractivity contribution in [2.24, 2.45) is 0 Å². The third-order valence-electron chi connectivity index (χ3n) is 3.56. The number of nitrogens with zero attached hydrogens (tertiary/aromatic N) is 2. The number of aliphatic hydroxyl groups is 1. The Balaban J connectivity index is 1.82. The summed E-state index contributed by atoms with van der Waals surface area (Å²) in [5.74, 6) is -0.420.